The van der Waals surface area contributed by atoms with Crippen LogP contribution in [0.4, 0.5) is 18.9 Å². The SMILES string of the molecule is N#C/C(=C\Nc1ccc(Cl)cc1)C(=O)c1ccc(OC(F)(F)F)cc1. The third-order valence-electron chi connectivity index (χ3n) is 2.94. The van der Waals surface area contributed by atoms with Gasteiger partial charge < -0.3 is 10.1 Å². The number of hydrogen-bond acceptors (Lipinski definition) is 4. The van der Waals surface area contributed by atoms with E-state index in [1.165, 1.54) is 6.20 Å². The standard InChI is InChI=1S/C17H10ClF3N2O2/c18-13-3-5-14(6-4-13)23-10-12(9-22)16(24)11-1-7-15(8-2-11)25-17(19,20)21/h1-8,10,23H/b12-10+. The van der Waals surface area contributed by atoms with Crippen LogP contribution in [0.3, 0.4) is 0 Å². The van der Waals surface area contributed by atoms with E-state index < -0.39 is 17.9 Å². The lowest BCUT2D eigenvalue weighted by atomic mass is 10.1. The molecule has 0 aliphatic heterocycles. The zero-order valence-electron chi connectivity index (χ0n) is 12.5. The number of ketones is 1. The number of anilines is 1. The van der Waals surface area contributed by atoms with E-state index in [4.69, 9.17) is 16.9 Å². The lowest BCUT2D eigenvalue weighted by molar-refractivity contribution is -0.274. The molecule has 128 valence electrons. The molecule has 0 aromatic heterocycles. The van der Waals surface area contributed by atoms with Gasteiger partial charge in [0, 0.05) is 22.5 Å². The molecule has 0 aliphatic rings. The van der Waals surface area contributed by atoms with Crippen molar-refractivity contribution < 1.29 is 22.7 Å². The Hall–Kier alpha value is -2.98. The number of benzene rings is 2. The van der Waals surface area contributed by atoms with Gasteiger partial charge in [-0.1, -0.05) is 11.6 Å². The number of ether oxygens (including phenoxy) is 1. The Morgan fingerprint density at radius 3 is 2.24 bits per heavy atom. The molecule has 8 heteroatoms. The molecule has 0 aliphatic carbocycles. The molecular weight excluding hydrogens is 357 g/mol. The first-order chi connectivity index (χ1) is 11.8. The highest BCUT2D eigenvalue weighted by atomic mass is 35.5. The molecular formula is C17H10ClF3N2O2. The molecule has 0 unspecified atom stereocenters. The first-order valence-electron chi connectivity index (χ1n) is 6.81. The second-order valence-electron chi connectivity index (χ2n) is 4.72. The average Bonchev–Trinajstić information content (AvgIpc) is 2.56. The summed E-state index contributed by atoms with van der Waals surface area (Å²) in [5.74, 6) is -1.09. The second kappa shape index (κ2) is 7.73. The third kappa shape index (κ3) is 5.55. The summed E-state index contributed by atoms with van der Waals surface area (Å²) in [6.45, 7) is 0. The third-order valence-corrected chi connectivity index (χ3v) is 3.19. The molecule has 25 heavy (non-hydrogen) atoms. The molecule has 2 aromatic rings. The number of nitrogens with zero attached hydrogens (tertiary/aromatic N) is 1. The average molecular weight is 367 g/mol. The lowest BCUT2D eigenvalue weighted by Gasteiger charge is -2.09. The van der Waals surface area contributed by atoms with Crippen LogP contribution in [0, 0.1) is 11.3 Å². The molecule has 2 aromatic carbocycles. The number of hydrogen-bond donors (Lipinski definition) is 1. The van der Waals surface area contributed by atoms with E-state index in [-0.39, 0.29) is 11.1 Å². The molecule has 0 bridgehead atoms. The summed E-state index contributed by atoms with van der Waals surface area (Å²) in [6.07, 6.45) is -3.60. The van der Waals surface area contributed by atoms with E-state index in [1.54, 1.807) is 30.3 Å². The van der Waals surface area contributed by atoms with E-state index in [0.29, 0.717) is 10.7 Å². The minimum Gasteiger partial charge on any atom is -0.406 e. The van der Waals surface area contributed by atoms with Gasteiger partial charge in [-0.2, -0.15) is 5.26 Å². The van der Waals surface area contributed by atoms with Gasteiger partial charge in [0.2, 0.25) is 5.78 Å². The minimum absolute atomic E-state index is 0.0558. The molecule has 0 spiro atoms. The van der Waals surface area contributed by atoms with Crippen LogP contribution in [0.2, 0.25) is 5.02 Å². The largest absolute Gasteiger partial charge is 0.573 e. The second-order valence-corrected chi connectivity index (χ2v) is 5.16. The Labute approximate surface area is 146 Å². The van der Waals surface area contributed by atoms with Crippen molar-refractivity contribution in [3.05, 3.63) is 70.9 Å². The molecule has 0 saturated heterocycles. The van der Waals surface area contributed by atoms with Crippen LogP contribution in [0.5, 0.6) is 5.75 Å². The van der Waals surface area contributed by atoms with Gasteiger partial charge in [-0.3, -0.25) is 4.79 Å². The number of alkyl halides is 3. The summed E-state index contributed by atoms with van der Waals surface area (Å²) in [6, 6.07) is 12.6. The van der Waals surface area contributed by atoms with Crippen molar-refractivity contribution in [2.75, 3.05) is 5.32 Å². The van der Waals surface area contributed by atoms with Crippen LogP contribution in [0.15, 0.2) is 60.3 Å². The van der Waals surface area contributed by atoms with Crippen molar-refractivity contribution in [2.24, 2.45) is 0 Å². The predicted octanol–water partition coefficient (Wildman–Crippen LogP) is 4.94. The van der Waals surface area contributed by atoms with E-state index in [0.717, 1.165) is 24.3 Å². The summed E-state index contributed by atoms with van der Waals surface area (Å²) in [4.78, 5) is 12.2. The number of rotatable bonds is 5. The molecule has 0 radical (unpaired) electrons. The van der Waals surface area contributed by atoms with Crippen molar-refractivity contribution >= 4 is 23.1 Å². The maximum Gasteiger partial charge on any atom is 0.573 e. The number of nitrogens with one attached hydrogen (secondary N) is 1. The van der Waals surface area contributed by atoms with E-state index in [2.05, 4.69) is 10.1 Å². The lowest BCUT2D eigenvalue weighted by Crippen LogP contribution is -2.17. The smallest absolute Gasteiger partial charge is 0.406 e. The summed E-state index contributed by atoms with van der Waals surface area (Å²) in [7, 11) is 0. The summed E-state index contributed by atoms with van der Waals surface area (Å²) in [5.41, 5.74) is 0.457. The van der Waals surface area contributed by atoms with Crippen molar-refractivity contribution in [3.8, 4) is 11.8 Å². The number of carbonyl (C=O) groups excluding carboxylic acids is 1. The fourth-order valence-electron chi connectivity index (χ4n) is 1.81. The topological polar surface area (TPSA) is 62.1 Å². The van der Waals surface area contributed by atoms with Gasteiger partial charge in [0.05, 0.1) is 0 Å². The quantitative estimate of drug-likeness (QED) is 0.462. The van der Waals surface area contributed by atoms with Gasteiger partial charge in [0.15, 0.2) is 0 Å². The van der Waals surface area contributed by atoms with Crippen molar-refractivity contribution in [2.45, 2.75) is 6.36 Å². The van der Waals surface area contributed by atoms with Crippen LogP contribution in [0.25, 0.3) is 0 Å². The van der Waals surface area contributed by atoms with Crippen LogP contribution in [-0.2, 0) is 0 Å². The minimum atomic E-state index is -4.81. The van der Waals surface area contributed by atoms with Gasteiger partial charge in [0.1, 0.15) is 17.4 Å². The fraction of sp³-hybridized carbons (Fsp3) is 0.0588. The summed E-state index contributed by atoms with van der Waals surface area (Å²) >= 11 is 5.75. The predicted molar refractivity (Wildman–Crippen MR) is 86.2 cm³/mol. The molecule has 0 heterocycles. The molecule has 1 N–H and O–H groups in total. The first kappa shape index (κ1) is 18.4. The van der Waals surface area contributed by atoms with E-state index in [1.807, 2.05) is 0 Å². The Balaban J connectivity index is 2.12. The molecule has 0 fully saturated rings. The Kier molecular flexibility index (Phi) is 5.67. The normalized spacial score (nSPS) is 11.6. The van der Waals surface area contributed by atoms with Gasteiger partial charge in [-0.05, 0) is 48.5 Å². The maximum atomic E-state index is 12.2. The highest BCUT2D eigenvalue weighted by Crippen LogP contribution is 2.23. The molecule has 0 saturated carbocycles. The monoisotopic (exact) mass is 366 g/mol. The number of halogens is 4. The van der Waals surface area contributed by atoms with Crippen LogP contribution in [0.1, 0.15) is 10.4 Å². The summed E-state index contributed by atoms with van der Waals surface area (Å²) in [5, 5.41) is 12.4. The van der Waals surface area contributed by atoms with Crippen LogP contribution >= 0.6 is 11.6 Å². The summed E-state index contributed by atoms with van der Waals surface area (Å²) < 4.78 is 40.1. The molecule has 2 rings (SSSR count). The van der Waals surface area contributed by atoms with Gasteiger partial charge in [0.25, 0.3) is 0 Å². The first-order valence-corrected chi connectivity index (χ1v) is 7.19. The zero-order valence-corrected chi connectivity index (χ0v) is 13.2. The van der Waals surface area contributed by atoms with Crippen molar-refractivity contribution in [1.82, 2.24) is 0 Å². The zero-order chi connectivity index (χ0) is 18.4. The van der Waals surface area contributed by atoms with E-state index >= 15 is 0 Å². The van der Waals surface area contributed by atoms with Gasteiger partial charge in [-0.15, -0.1) is 13.2 Å². The fourth-order valence-corrected chi connectivity index (χ4v) is 1.94. The molecule has 0 amide bonds. The van der Waals surface area contributed by atoms with Crippen LogP contribution < -0.4 is 10.1 Å². The van der Waals surface area contributed by atoms with Gasteiger partial charge >= 0.3 is 6.36 Å². The molecule has 4 nitrogen and oxygen atoms in total. The highest BCUT2D eigenvalue weighted by Gasteiger charge is 2.31. The number of nitriles is 1. The maximum absolute atomic E-state index is 12.2. The van der Waals surface area contributed by atoms with Crippen LogP contribution in [-0.4, -0.2) is 12.1 Å². The van der Waals surface area contributed by atoms with Crippen molar-refractivity contribution in [1.29, 1.82) is 5.26 Å². The Morgan fingerprint density at radius 2 is 1.72 bits per heavy atom. The number of allylic oxidation sites excluding steroid dienone is 1. The van der Waals surface area contributed by atoms with E-state index in [9.17, 15) is 18.0 Å². The Bertz CT molecular complexity index is 823. The Morgan fingerprint density at radius 1 is 1.12 bits per heavy atom. The highest BCUT2D eigenvalue weighted by molar-refractivity contribution is 6.30. The molecule has 0 atom stereocenters. The number of carbonyl (C=O) groups is 1. The number of Topliss-reactive ketones (excluding diaryl/α,β-unsaturated/α-hetero) is 1. The van der Waals surface area contributed by atoms with Gasteiger partial charge in [-0.25, -0.2) is 0 Å². The van der Waals surface area contributed by atoms with Crippen molar-refractivity contribution in [3.63, 3.8) is 0 Å².